The Morgan fingerprint density at radius 2 is 1.62 bits per heavy atom. The SMILES string of the molecule is C=CC[C@H](CB1OC(C)(C)C(C)(C)O1)c1ccc(C)cc1. The zero-order valence-corrected chi connectivity index (χ0v) is 14.0. The van der Waals surface area contributed by atoms with Crippen LogP contribution in [0.1, 0.15) is 51.2 Å². The molecule has 0 amide bonds. The standard InChI is InChI=1S/C18H27BO2/c1-7-8-16(15-11-9-14(2)10-12-15)13-19-20-17(3,4)18(5,6)21-19/h7,9-12,16H,1,8,13H2,2-6H3/t16-/m1/s1. The first-order valence-corrected chi connectivity index (χ1v) is 7.78. The number of benzene rings is 1. The molecule has 1 atom stereocenters. The van der Waals surface area contributed by atoms with Crippen molar-refractivity contribution in [1.29, 1.82) is 0 Å². The van der Waals surface area contributed by atoms with Gasteiger partial charge in [0.2, 0.25) is 0 Å². The second kappa shape index (κ2) is 5.98. The zero-order valence-electron chi connectivity index (χ0n) is 14.0. The van der Waals surface area contributed by atoms with E-state index in [0.29, 0.717) is 5.92 Å². The van der Waals surface area contributed by atoms with Crippen LogP contribution in [-0.4, -0.2) is 18.3 Å². The minimum Gasteiger partial charge on any atom is -0.403 e. The molecule has 1 aromatic carbocycles. The highest BCUT2D eigenvalue weighted by Crippen LogP contribution is 2.40. The fraction of sp³-hybridized carbons (Fsp3) is 0.556. The van der Waals surface area contributed by atoms with E-state index < -0.39 is 0 Å². The Labute approximate surface area is 129 Å². The zero-order chi connectivity index (χ0) is 15.7. The van der Waals surface area contributed by atoms with Gasteiger partial charge in [-0.3, -0.25) is 0 Å². The van der Waals surface area contributed by atoms with Crippen molar-refractivity contribution in [2.45, 2.75) is 64.5 Å². The van der Waals surface area contributed by atoms with Gasteiger partial charge in [-0.2, -0.15) is 0 Å². The van der Waals surface area contributed by atoms with Crippen molar-refractivity contribution in [1.82, 2.24) is 0 Å². The van der Waals surface area contributed by atoms with Crippen LogP contribution in [0.2, 0.25) is 6.32 Å². The Morgan fingerprint density at radius 3 is 2.10 bits per heavy atom. The summed E-state index contributed by atoms with van der Waals surface area (Å²) in [6.07, 6.45) is 3.78. The predicted molar refractivity (Wildman–Crippen MR) is 89.6 cm³/mol. The minimum atomic E-state index is -0.260. The molecule has 0 aliphatic carbocycles. The number of allylic oxidation sites excluding steroid dienone is 1. The van der Waals surface area contributed by atoms with Gasteiger partial charge in [0.15, 0.2) is 0 Å². The van der Waals surface area contributed by atoms with Crippen LogP contribution in [0.5, 0.6) is 0 Å². The van der Waals surface area contributed by atoms with Crippen LogP contribution in [0.15, 0.2) is 36.9 Å². The molecule has 3 heteroatoms. The summed E-state index contributed by atoms with van der Waals surface area (Å²) in [4.78, 5) is 0. The Hall–Kier alpha value is -1.06. The van der Waals surface area contributed by atoms with Crippen LogP contribution >= 0.6 is 0 Å². The van der Waals surface area contributed by atoms with Crippen LogP contribution in [0.3, 0.4) is 0 Å². The average molecular weight is 286 g/mol. The molecule has 0 unspecified atom stereocenters. The summed E-state index contributed by atoms with van der Waals surface area (Å²) in [6, 6.07) is 8.73. The summed E-state index contributed by atoms with van der Waals surface area (Å²) < 4.78 is 12.3. The molecular weight excluding hydrogens is 259 g/mol. The fourth-order valence-electron chi connectivity index (χ4n) is 2.70. The van der Waals surface area contributed by atoms with E-state index in [-0.39, 0.29) is 18.3 Å². The van der Waals surface area contributed by atoms with Crippen molar-refractivity contribution in [2.24, 2.45) is 0 Å². The largest absolute Gasteiger partial charge is 0.458 e. The molecule has 1 heterocycles. The number of hydrogen-bond donors (Lipinski definition) is 0. The first-order valence-electron chi connectivity index (χ1n) is 7.78. The molecule has 0 spiro atoms. The Kier molecular flexibility index (Phi) is 4.65. The molecule has 0 bridgehead atoms. The van der Waals surface area contributed by atoms with E-state index in [9.17, 15) is 0 Å². The summed E-state index contributed by atoms with van der Waals surface area (Å²) in [5.41, 5.74) is 2.09. The quantitative estimate of drug-likeness (QED) is 0.574. The summed E-state index contributed by atoms with van der Waals surface area (Å²) in [5.74, 6) is 0.387. The molecule has 0 radical (unpaired) electrons. The smallest absolute Gasteiger partial charge is 0.403 e. The van der Waals surface area contributed by atoms with Crippen molar-refractivity contribution in [3.05, 3.63) is 48.0 Å². The monoisotopic (exact) mass is 286 g/mol. The summed E-state index contributed by atoms with van der Waals surface area (Å²) in [6.45, 7) is 14.4. The maximum atomic E-state index is 6.13. The first kappa shape index (κ1) is 16.3. The van der Waals surface area contributed by atoms with Crippen LogP contribution < -0.4 is 0 Å². The Balaban J connectivity index is 2.11. The van der Waals surface area contributed by atoms with Crippen LogP contribution in [-0.2, 0) is 9.31 Å². The molecule has 1 aliphatic rings. The topological polar surface area (TPSA) is 18.5 Å². The van der Waals surface area contributed by atoms with Gasteiger partial charge in [-0.05, 0) is 58.8 Å². The highest BCUT2D eigenvalue weighted by Gasteiger charge is 2.51. The van der Waals surface area contributed by atoms with Gasteiger partial charge in [-0.15, -0.1) is 6.58 Å². The second-order valence-corrected chi connectivity index (χ2v) is 7.05. The molecular formula is C18H27BO2. The molecule has 21 heavy (non-hydrogen) atoms. The van der Waals surface area contributed by atoms with Gasteiger partial charge >= 0.3 is 7.12 Å². The van der Waals surface area contributed by atoms with Crippen molar-refractivity contribution in [2.75, 3.05) is 0 Å². The van der Waals surface area contributed by atoms with Gasteiger partial charge in [0.25, 0.3) is 0 Å². The van der Waals surface area contributed by atoms with Gasteiger partial charge < -0.3 is 9.31 Å². The van der Waals surface area contributed by atoms with Crippen molar-refractivity contribution in [3.63, 3.8) is 0 Å². The molecule has 0 N–H and O–H groups in total. The van der Waals surface area contributed by atoms with Gasteiger partial charge in [-0.25, -0.2) is 0 Å². The maximum absolute atomic E-state index is 6.13. The second-order valence-electron chi connectivity index (χ2n) is 7.05. The van der Waals surface area contributed by atoms with Crippen molar-refractivity contribution >= 4 is 7.12 Å². The van der Waals surface area contributed by atoms with Crippen LogP contribution in [0, 0.1) is 6.92 Å². The Morgan fingerprint density at radius 1 is 1.10 bits per heavy atom. The van der Waals surface area contributed by atoms with Gasteiger partial charge in [0.05, 0.1) is 11.2 Å². The van der Waals surface area contributed by atoms with Crippen LogP contribution in [0.25, 0.3) is 0 Å². The molecule has 0 saturated carbocycles. The van der Waals surface area contributed by atoms with Crippen LogP contribution in [0.4, 0.5) is 0 Å². The molecule has 1 fully saturated rings. The van der Waals surface area contributed by atoms with E-state index in [1.165, 1.54) is 11.1 Å². The predicted octanol–water partition coefficient (Wildman–Crippen LogP) is 4.75. The fourth-order valence-corrected chi connectivity index (χ4v) is 2.70. The minimum absolute atomic E-state index is 0.152. The lowest BCUT2D eigenvalue weighted by atomic mass is 9.73. The normalized spacial score (nSPS) is 21.3. The van der Waals surface area contributed by atoms with E-state index in [1.807, 2.05) is 6.08 Å². The molecule has 1 aliphatic heterocycles. The molecule has 1 aromatic rings. The summed E-state index contributed by atoms with van der Waals surface area (Å²) >= 11 is 0. The summed E-state index contributed by atoms with van der Waals surface area (Å²) in [5, 5.41) is 0. The van der Waals surface area contributed by atoms with Crippen molar-refractivity contribution in [3.8, 4) is 0 Å². The molecule has 2 nitrogen and oxygen atoms in total. The van der Waals surface area contributed by atoms with Gasteiger partial charge in [0, 0.05) is 0 Å². The van der Waals surface area contributed by atoms with Gasteiger partial charge in [-0.1, -0.05) is 35.9 Å². The van der Waals surface area contributed by atoms with Crippen molar-refractivity contribution < 1.29 is 9.31 Å². The molecule has 1 saturated heterocycles. The third kappa shape index (κ3) is 3.59. The molecule has 0 aromatic heterocycles. The first-order chi connectivity index (χ1) is 9.75. The lowest BCUT2D eigenvalue weighted by Crippen LogP contribution is -2.41. The van der Waals surface area contributed by atoms with E-state index >= 15 is 0 Å². The Bertz CT molecular complexity index is 474. The van der Waals surface area contributed by atoms with E-state index in [0.717, 1.165) is 12.7 Å². The lowest BCUT2D eigenvalue weighted by Gasteiger charge is -2.32. The highest BCUT2D eigenvalue weighted by atomic mass is 16.7. The molecule has 114 valence electrons. The van der Waals surface area contributed by atoms with E-state index in [2.05, 4.69) is 65.5 Å². The third-order valence-corrected chi connectivity index (χ3v) is 4.78. The third-order valence-electron chi connectivity index (χ3n) is 4.78. The van der Waals surface area contributed by atoms with Gasteiger partial charge in [0.1, 0.15) is 0 Å². The number of rotatable bonds is 5. The molecule has 2 rings (SSSR count). The van der Waals surface area contributed by atoms with E-state index in [4.69, 9.17) is 9.31 Å². The number of aryl methyl sites for hydroxylation is 1. The lowest BCUT2D eigenvalue weighted by molar-refractivity contribution is 0.00578. The van der Waals surface area contributed by atoms with E-state index in [1.54, 1.807) is 0 Å². The average Bonchev–Trinajstić information content (AvgIpc) is 2.58. The highest BCUT2D eigenvalue weighted by molar-refractivity contribution is 6.45. The summed E-state index contributed by atoms with van der Waals surface area (Å²) in [7, 11) is -0.152. The number of hydrogen-bond acceptors (Lipinski definition) is 2. The maximum Gasteiger partial charge on any atom is 0.458 e.